The molecule has 2 heterocycles. The minimum atomic E-state index is -3.31. The number of hydrogen-bond acceptors (Lipinski definition) is 6. The summed E-state index contributed by atoms with van der Waals surface area (Å²) in [6.07, 6.45) is 0.162. The second-order valence-corrected chi connectivity index (χ2v) is 10.0. The number of guanidine groups is 1. The van der Waals surface area contributed by atoms with E-state index in [9.17, 15) is 23.5 Å². The lowest BCUT2D eigenvalue weighted by atomic mass is 9.86. The van der Waals surface area contributed by atoms with Gasteiger partial charge in [-0.2, -0.15) is 0 Å². The Kier molecular flexibility index (Phi) is 5.86. The SMILES string of the molecule is CCC1(CC)CC(=O)N(C[C@@H]2C(C(=O)N[C@@H]3c4ccccc4OC(C)(C)[C@H]3O)C2(F)F)C(N)=N1. The average Bonchev–Trinajstić information content (AvgIpc) is 3.33. The third kappa shape index (κ3) is 3.91. The van der Waals surface area contributed by atoms with Gasteiger partial charge in [0, 0.05) is 12.1 Å². The van der Waals surface area contributed by atoms with Crippen LogP contribution in [0.4, 0.5) is 8.78 Å². The van der Waals surface area contributed by atoms with Gasteiger partial charge in [-0.3, -0.25) is 14.5 Å². The smallest absolute Gasteiger partial charge is 0.265 e. The third-order valence-electron chi connectivity index (χ3n) is 7.54. The molecule has 10 heteroatoms. The predicted molar refractivity (Wildman–Crippen MR) is 121 cm³/mol. The van der Waals surface area contributed by atoms with Crippen molar-refractivity contribution in [1.82, 2.24) is 10.2 Å². The van der Waals surface area contributed by atoms with Crippen molar-refractivity contribution < 1.29 is 28.2 Å². The molecule has 0 radical (unpaired) electrons. The Labute approximate surface area is 197 Å². The topological polar surface area (TPSA) is 117 Å². The summed E-state index contributed by atoms with van der Waals surface area (Å²) in [4.78, 5) is 31.2. The molecule has 1 aromatic rings. The van der Waals surface area contributed by atoms with Crippen LogP contribution < -0.4 is 15.8 Å². The molecule has 4 N–H and O–H groups in total. The van der Waals surface area contributed by atoms with E-state index in [4.69, 9.17) is 10.5 Å². The molecule has 34 heavy (non-hydrogen) atoms. The number of carbonyl (C=O) groups excluding carboxylic acids is 2. The molecule has 0 spiro atoms. The van der Waals surface area contributed by atoms with Crippen LogP contribution in [0.3, 0.4) is 0 Å². The number of rotatable bonds is 6. The van der Waals surface area contributed by atoms with Crippen LogP contribution in [0.5, 0.6) is 5.75 Å². The molecule has 3 aliphatic rings. The Morgan fingerprint density at radius 2 is 1.94 bits per heavy atom. The summed E-state index contributed by atoms with van der Waals surface area (Å²) in [5, 5.41) is 13.4. The predicted octanol–water partition coefficient (Wildman–Crippen LogP) is 2.36. The van der Waals surface area contributed by atoms with Crippen molar-refractivity contribution >= 4 is 17.8 Å². The van der Waals surface area contributed by atoms with Crippen molar-refractivity contribution in [2.45, 2.75) is 76.2 Å². The summed E-state index contributed by atoms with van der Waals surface area (Å²) < 4.78 is 35.3. The monoisotopic (exact) mass is 478 g/mol. The van der Waals surface area contributed by atoms with Crippen LogP contribution in [0.2, 0.25) is 0 Å². The van der Waals surface area contributed by atoms with E-state index in [0.29, 0.717) is 24.2 Å². The second-order valence-electron chi connectivity index (χ2n) is 10.0. The molecule has 1 aliphatic carbocycles. The Morgan fingerprint density at radius 3 is 2.56 bits per heavy atom. The van der Waals surface area contributed by atoms with E-state index in [1.54, 1.807) is 38.1 Å². The number of para-hydroxylation sites is 1. The summed E-state index contributed by atoms with van der Waals surface area (Å²) in [5.41, 5.74) is 4.87. The normalized spacial score (nSPS) is 30.6. The Hall–Kier alpha value is -2.75. The highest BCUT2D eigenvalue weighted by Crippen LogP contribution is 2.56. The lowest BCUT2D eigenvalue weighted by Crippen LogP contribution is -2.54. The molecule has 8 nitrogen and oxygen atoms in total. The van der Waals surface area contributed by atoms with Crippen molar-refractivity contribution in [2.24, 2.45) is 22.6 Å². The minimum Gasteiger partial charge on any atom is -0.485 e. The molecular formula is C24H32F2N4O4. The van der Waals surface area contributed by atoms with Gasteiger partial charge < -0.3 is 20.9 Å². The van der Waals surface area contributed by atoms with Gasteiger partial charge in [0.25, 0.3) is 5.92 Å². The molecule has 2 aliphatic heterocycles. The van der Waals surface area contributed by atoms with Crippen LogP contribution in [-0.4, -0.2) is 57.5 Å². The number of hydrogen-bond donors (Lipinski definition) is 3. The second kappa shape index (κ2) is 8.18. The first-order valence-corrected chi connectivity index (χ1v) is 11.7. The molecular weight excluding hydrogens is 446 g/mol. The summed E-state index contributed by atoms with van der Waals surface area (Å²) in [5.74, 6) is -7.20. The number of benzene rings is 1. The number of aliphatic imine (C=N–C) groups is 1. The molecule has 1 unspecified atom stereocenters. The zero-order chi connectivity index (χ0) is 25.1. The van der Waals surface area contributed by atoms with Gasteiger partial charge in [-0.15, -0.1) is 0 Å². The number of amides is 2. The van der Waals surface area contributed by atoms with Crippen molar-refractivity contribution in [3.8, 4) is 5.75 Å². The van der Waals surface area contributed by atoms with Gasteiger partial charge in [0.05, 0.1) is 23.9 Å². The maximum Gasteiger partial charge on any atom is 0.265 e. The van der Waals surface area contributed by atoms with Crippen molar-refractivity contribution in [1.29, 1.82) is 0 Å². The molecule has 2 amide bonds. The fourth-order valence-corrected chi connectivity index (χ4v) is 5.02. The minimum absolute atomic E-state index is 0.0858. The number of nitrogens with two attached hydrogens (primary N) is 1. The van der Waals surface area contributed by atoms with E-state index in [1.807, 2.05) is 13.8 Å². The van der Waals surface area contributed by atoms with E-state index in [2.05, 4.69) is 10.3 Å². The number of aliphatic hydroxyl groups excluding tert-OH is 1. The van der Waals surface area contributed by atoms with Gasteiger partial charge >= 0.3 is 0 Å². The maximum atomic E-state index is 14.7. The van der Waals surface area contributed by atoms with E-state index in [0.717, 1.165) is 4.90 Å². The van der Waals surface area contributed by atoms with Crippen LogP contribution in [0.25, 0.3) is 0 Å². The summed E-state index contributed by atoms with van der Waals surface area (Å²) in [6, 6.07) is 5.94. The molecule has 4 atom stereocenters. The highest BCUT2D eigenvalue weighted by Gasteiger charge is 2.72. The largest absolute Gasteiger partial charge is 0.485 e. The molecule has 4 rings (SSSR count). The van der Waals surface area contributed by atoms with Crippen molar-refractivity contribution in [3.05, 3.63) is 29.8 Å². The van der Waals surface area contributed by atoms with Crippen LogP contribution in [0.15, 0.2) is 29.3 Å². The number of ether oxygens (including phenoxy) is 1. The van der Waals surface area contributed by atoms with Gasteiger partial charge in [-0.1, -0.05) is 32.0 Å². The lowest BCUT2D eigenvalue weighted by molar-refractivity contribution is -0.131. The highest BCUT2D eigenvalue weighted by molar-refractivity contribution is 5.99. The number of fused-ring (bicyclic) bond motifs is 1. The number of nitrogens with zero attached hydrogens (tertiary/aromatic N) is 2. The Morgan fingerprint density at radius 1 is 1.29 bits per heavy atom. The molecule has 186 valence electrons. The lowest BCUT2D eigenvalue weighted by Gasteiger charge is -2.42. The third-order valence-corrected chi connectivity index (χ3v) is 7.54. The fourth-order valence-electron chi connectivity index (χ4n) is 5.02. The van der Waals surface area contributed by atoms with Crippen molar-refractivity contribution in [3.63, 3.8) is 0 Å². The Bertz CT molecular complexity index is 1020. The van der Waals surface area contributed by atoms with Crippen molar-refractivity contribution in [2.75, 3.05) is 6.54 Å². The molecule has 1 aromatic carbocycles. The van der Waals surface area contributed by atoms with E-state index >= 15 is 0 Å². The van der Waals surface area contributed by atoms with Crippen LogP contribution >= 0.6 is 0 Å². The molecule has 0 bridgehead atoms. The van der Waals surface area contributed by atoms with Gasteiger partial charge in [-0.05, 0) is 32.8 Å². The van der Waals surface area contributed by atoms with Gasteiger partial charge in [0.2, 0.25) is 11.8 Å². The first kappa shape index (κ1) is 24.4. The summed E-state index contributed by atoms with van der Waals surface area (Å²) in [6.45, 7) is 6.75. The quantitative estimate of drug-likeness (QED) is 0.580. The number of aliphatic hydroxyl groups is 1. The molecule has 1 saturated carbocycles. The summed E-state index contributed by atoms with van der Waals surface area (Å²) in [7, 11) is 0. The van der Waals surface area contributed by atoms with Crippen LogP contribution in [-0.2, 0) is 9.59 Å². The number of alkyl halides is 2. The number of carbonyl (C=O) groups is 2. The van der Waals surface area contributed by atoms with E-state index in [1.165, 1.54) is 0 Å². The highest BCUT2D eigenvalue weighted by atomic mass is 19.3. The average molecular weight is 479 g/mol. The zero-order valence-electron chi connectivity index (χ0n) is 19.8. The maximum absolute atomic E-state index is 14.7. The zero-order valence-corrected chi connectivity index (χ0v) is 19.8. The van der Waals surface area contributed by atoms with E-state index in [-0.39, 0.29) is 24.8 Å². The fraction of sp³-hybridized carbons (Fsp3) is 0.625. The molecule has 0 saturated heterocycles. The van der Waals surface area contributed by atoms with Crippen LogP contribution in [0.1, 0.15) is 58.6 Å². The first-order valence-electron chi connectivity index (χ1n) is 11.7. The first-order chi connectivity index (χ1) is 15.9. The molecule has 1 fully saturated rings. The van der Waals surface area contributed by atoms with Gasteiger partial charge in [0.1, 0.15) is 23.4 Å². The number of halogens is 2. The standard InChI is InChI=1S/C24H32F2N4O4/c1-5-23(6-2)11-16(31)30(21(27)29-23)12-14-17(24(14,25)26)20(33)28-18-13-9-7-8-10-15(13)34-22(3,4)19(18)32/h7-10,14,17-19,32H,5-6,11-12H2,1-4H3,(H2,27,29)(H,28,33)/t14-,17?,18-,19+/m1/s1. The Balaban J connectivity index is 1.51. The summed E-state index contributed by atoms with van der Waals surface area (Å²) >= 11 is 0. The van der Waals surface area contributed by atoms with Gasteiger partial charge in [-0.25, -0.2) is 13.8 Å². The molecule has 0 aromatic heterocycles. The van der Waals surface area contributed by atoms with Gasteiger partial charge in [0.15, 0.2) is 5.96 Å². The van der Waals surface area contributed by atoms with Crippen LogP contribution in [0, 0.1) is 11.8 Å². The van der Waals surface area contributed by atoms with E-state index < -0.39 is 47.0 Å². The number of nitrogens with one attached hydrogen (secondary N) is 1.